The number of nitrogens with zero attached hydrogens (tertiary/aromatic N) is 1. The molecule has 1 saturated heterocycles. The topological polar surface area (TPSA) is 58.6 Å². The van der Waals surface area contributed by atoms with Crippen LogP contribution in [0.3, 0.4) is 0 Å². The molecule has 1 heterocycles. The van der Waals surface area contributed by atoms with E-state index in [9.17, 15) is 9.59 Å². The normalized spacial score (nSPS) is 15.7. The number of halogens is 2. The Kier molecular flexibility index (Phi) is 4.83. The number of carbonyl (C=O) groups excluding carboxylic acids is 2. The minimum absolute atomic E-state index is 0.0214. The fraction of sp³-hybridized carbons (Fsp3) is 0.111. The van der Waals surface area contributed by atoms with Crippen molar-refractivity contribution in [2.75, 3.05) is 12.1 Å². The molecule has 2 amide bonds. The van der Waals surface area contributed by atoms with Gasteiger partial charge < -0.3 is 4.74 Å². The van der Waals surface area contributed by atoms with Gasteiger partial charge in [0, 0.05) is 15.1 Å². The summed E-state index contributed by atoms with van der Waals surface area (Å²) in [5, 5.41) is 1.70. The van der Waals surface area contributed by atoms with Gasteiger partial charge in [-0.1, -0.05) is 33.6 Å². The SMILES string of the molecule is COc1ccc(Br)cc1/C=C1/C(=O)NN(c2ccc(C)c(Cl)c2)C1=O. The van der Waals surface area contributed by atoms with Crippen LogP contribution in [0.4, 0.5) is 5.69 Å². The number of anilines is 1. The van der Waals surface area contributed by atoms with E-state index < -0.39 is 11.8 Å². The van der Waals surface area contributed by atoms with Gasteiger partial charge in [-0.15, -0.1) is 0 Å². The molecule has 0 radical (unpaired) electrons. The van der Waals surface area contributed by atoms with Crippen LogP contribution in [0.15, 0.2) is 46.4 Å². The molecule has 3 rings (SSSR count). The molecule has 1 N–H and O–H groups in total. The molecule has 0 bridgehead atoms. The smallest absolute Gasteiger partial charge is 0.282 e. The van der Waals surface area contributed by atoms with Crippen LogP contribution in [0.1, 0.15) is 11.1 Å². The number of carbonyl (C=O) groups is 2. The van der Waals surface area contributed by atoms with Gasteiger partial charge in [-0.25, -0.2) is 5.01 Å². The fourth-order valence-corrected chi connectivity index (χ4v) is 2.99. The van der Waals surface area contributed by atoms with Crippen LogP contribution < -0.4 is 15.2 Å². The van der Waals surface area contributed by atoms with Crippen LogP contribution in [0.2, 0.25) is 5.02 Å². The maximum Gasteiger partial charge on any atom is 0.282 e. The molecule has 1 fully saturated rings. The van der Waals surface area contributed by atoms with E-state index >= 15 is 0 Å². The molecule has 2 aromatic carbocycles. The number of benzene rings is 2. The average molecular weight is 422 g/mol. The second kappa shape index (κ2) is 6.90. The number of hydrazine groups is 1. The van der Waals surface area contributed by atoms with Crippen molar-refractivity contribution in [1.82, 2.24) is 5.43 Å². The van der Waals surface area contributed by atoms with Gasteiger partial charge in [-0.2, -0.15) is 0 Å². The first-order valence-electron chi connectivity index (χ1n) is 7.37. The van der Waals surface area contributed by atoms with E-state index in [0.717, 1.165) is 10.0 Å². The molecule has 0 saturated carbocycles. The third-order valence-corrected chi connectivity index (χ3v) is 4.70. The lowest BCUT2D eigenvalue weighted by Crippen LogP contribution is -2.35. The van der Waals surface area contributed by atoms with Crippen LogP contribution >= 0.6 is 27.5 Å². The zero-order valence-electron chi connectivity index (χ0n) is 13.5. The number of hydrogen-bond donors (Lipinski definition) is 1. The monoisotopic (exact) mass is 420 g/mol. The van der Waals surface area contributed by atoms with Crippen molar-refractivity contribution in [2.24, 2.45) is 0 Å². The predicted molar refractivity (Wildman–Crippen MR) is 100 cm³/mol. The highest BCUT2D eigenvalue weighted by Gasteiger charge is 2.34. The number of rotatable bonds is 3. The van der Waals surface area contributed by atoms with Crippen molar-refractivity contribution in [2.45, 2.75) is 6.92 Å². The summed E-state index contributed by atoms with van der Waals surface area (Å²) < 4.78 is 6.10. The minimum Gasteiger partial charge on any atom is -0.496 e. The third kappa shape index (κ3) is 3.41. The molecule has 0 atom stereocenters. The third-order valence-electron chi connectivity index (χ3n) is 3.80. The maximum absolute atomic E-state index is 12.7. The second-order valence-corrected chi connectivity index (χ2v) is 6.78. The quantitative estimate of drug-likeness (QED) is 0.604. The van der Waals surface area contributed by atoms with Crippen LogP contribution in [0, 0.1) is 6.92 Å². The lowest BCUT2D eigenvalue weighted by Gasteiger charge is -2.15. The van der Waals surface area contributed by atoms with Gasteiger partial charge in [0.05, 0.1) is 12.8 Å². The standard InChI is InChI=1S/C18H14BrClN2O3/c1-10-3-5-13(9-15(10)20)22-18(24)14(17(23)21-22)8-11-7-12(19)4-6-16(11)25-2/h3-9H,1-2H3,(H,21,23)/b14-8-. The van der Waals surface area contributed by atoms with Gasteiger partial charge >= 0.3 is 0 Å². The molecule has 25 heavy (non-hydrogen) atoms. The minimum atomic E-state index is -0.483. The summed E-state index contributed by atoms with van der Waals surface area (Å²) in [5.41, 5.74) is 4.59. The molecule has 128 valence electrons. The van der Waals surface area contributed by atoms with Gasteiger partial charge in [0.15, 0.2) is 0 Å². The molecule has 0 spiro atoms. The van der Waals surface area contributed by atoms with Crippen molar-refractivity contribution < 1.29 is 14.3 Å². The van der Waals surface area contributed by atoms with Crippen LogP contribution in [-0.4, -0.2) is 18.9 Å². The summed E-state index contributed by atoms with van der Waals surface area (Å²) in [5.74, 6) is -0.371. The van der Waals surface area contributed by atoms with Crippen molar-refractivity contribution in [1.29, 1.82) is 0 Å². The zero-order valence-corrected chi connectivity index (χ0v) is 15.8. The lowest BCUT2D eigenvalue weighted by molar-refractivity contribution is -0.117. The van der Waals surface area contributed by atoms with Crippen molar-refractivity contribution in [3.63, 3.8) is 0 Å². The molecule has 0 aliphatic carbocycles. The Balaban J connectivity index is 1.99. The molecule has 2 aromatic rings. The summed E-state index contributed by atoms with van der Waals surface area (Å²) in [7, 11) is 1.53. The molecule has 1 aliphatic rings. The highest BCUT2D eigenvalue weighted by Crippen LogP contribution is 2.29. The van der Waals surface area contributed by atoms with Gasteiger partial charge in [0.1, 0.15) is 11.3 Å². The summed E-state index contributed by atoms with van der Waals surface area (Å²) in [6.07, 6.45) is 1.51. The van der Waals surface area contributed by atoms with E-state index in [4.69, 9.17) is 16.3 Å². The number of aryl methyl sites for hydroxylation is 1. The van der Waals surface area contributed by atoms with Crippen molar-refractivity contribution >= 4 is 51.1 Å². The van der Waals surface area contributed by atoms with Crippen LogP contribution in [0.25, 0.3) is 6.08 Å². The molecular formula is C18H14BrClN2O3. The Morgan fingerprint density at radius 1 is 1.20 bits per heavy atom. The number of hydrogen-bond acceptors (Lipinski definition) is 3. The Morgan fingerprint density at radius 2 is 1.96 bits per heavy atom. The van der Waals surface area contributed by atoms with Gasteiger partial charge in [0.2, 0.25) is 0 Å². The van der Waals surface area contributed by atoms with E-state index in [2.05, 4.69) is 21.4 Å². The van der Waals surface area contributed by atoms with Crippen LogP contribution in [0.5, 0.6) is 5.75 Å². The summed E-state index contributed by atoms with van der Waals surface area (Å²) in [6, 6.07) is 10.5. The van der Waals surface area contributed by atoms with E-state index in [0.29, 0.717) is 22.0 Å². The van der Waals surface area contributed by atoms with E-state index in [1.54, 1.807) is 30.3 Å². The number of methoxy groups -OCH3 is 1. The highest BCUT2D eigenvalue weighted by molar-refractivity contribution is 9.10. The predicted octanol–water partition coefficient (Wildman–Crippen LogP) is 3.88. The Morgan fingerprint density at radius 3 is 2.64 bits per heavy atom. The first kappa shape index (κ1) is 17.5. The Bertz CT molecular complexity index is 911. The molecular weight excluding hydrogens is 408 g/mol. The highest BCUT2D eigenvalue weighted by atomic mass is 79.9. The largest absolute Gasteiger partial charge is 0.496 e. The molecule has 0 aromatic heterocycles. The van der Waals surface area contributed by atoms with E-state index in [-0.39, 0.29) is 5.57 Å². The zero-order chi connectivity index (χ0) is 18.1. The molecule has 1 aliphatic heterocycles. The lowest BCUT2D eigenvalue weighted by atomic mass is 10.1. The second-order valence-electron chi connectivity index (χ2n) is 5.46. The molecule has 7 heteroatoms. The number of ether oxygens (including phenoxy) is 1. The summed E-state index contributed by atoms with van der Waals surface area (Å²) in [6.45, 7) is 1.86. The Hall–Kier alpha value is -2.31. The van der Waals surface area contributed by atoms with Gasteiger partial charge in [-0.05, 0) is 48.9 Å². The van der Waals surface area contributed by atoms with Gasteiger partial charge in [0.25, 0.3) is 11.8 Å². The van der Waals surface area contributed by atoms with Crippen molar-refractivity contribution in [3.05, 3.63) is 62.6 Å². The fourth-order valence-electron chi connectivity index (χ4n) is 2.43. The molecule has 5 nitrogen and oxygen atoms in total. The number of amides is 2. The summed E-state index contributed by atoms with van der Waals surface area (Å²) in [4.78, 5) is 25.0. The maximum atomic E-state index is 12.7. The van der Waals surface area contributed by atoms with E-state index in [1.165, 1.54) is 18.2 Å². The Labute approximate surface area is 158 Å². The summed E-state index contributed by atoms with van der Waals surface area (Å²) >= 11 is 9.49. The average Bonchev–Trinajstić information content (AvgIpc) is 2.86. The van der Waals surface area contributed by atoms with Gasteiger partial charge in [-0.3, -0.25) is 15.0 Å². The van der Waals surface area contributed by atoms with Crippen LogP contribution in [-0.2, 0) is 9.59 Å². The number of nitrogens with one attached hydrogen (secondary N) is 1. The van der Waals surface area contributed by atoms with Crippen molar-refractivity contribution in [3.8, 4) is 5.75 Å². The first-order valence-corrected chi connectivity index (χ1v) is 8.54. The van der Waals surface area contributed by atoms with E-state index in [1.807, 2.05) is 13.0 Å². The first-order chi connectivity index (χ1) is 11.9. The molecule has 0 unspecified atom stereocenters.